The van der Waals surface area contributed by atoms with Gasteiger partial charge in [-0.25, -0.2) is 0 Å². The maximum absolute atomic E-state index is 4.56. The third kappa shape index (κ3) is 15.2. The first-order valence-corrected chi connectivity index (χ1v) is 47.2. The van der Waals surface area contributed by atoms with Crippen LogP contribution in [0.4, 0.5) is 0 Å². The van der Waals surface area contributed by atoms with E-state index in [0.717, 1.165) is 56.0 Å². The van der Waals surface area contributed by atoms with E-state index in [1.807, 2.05) is 92.0 Å². The Hall–Kier alpha value is -17.2. The van der Waals surface area contributed by atoms with Gasteiger partial charge in [0.25, 0.3) is 0 Å². The molecule has 0 unspecified atom stereocenters. The summed E-state index contributed by atoms with van der Waals surface area (Å²) in [5.74, 6) is 0. The van der Waals surface area contributed by atoms with Gasteiger partial charge in [-0.05, 0) is 305 Å². The van der Waals surface area contributed by atoms with Gasteiger partial charge in [0.15, 0.2) is 0 Å². The highest BCUT2D eigenvalue weighted by molar-refractivity contribution is 6.31. The summed E-state index contributed by atoms with van der Waals surface area (Å²) in [6.45, 7) is 13.8. The molecule has 0 saturated heterocycles. The molecule has 6 nitrogen and oxygen atoms in total. The summed E-state index contributed by atoms with van der Waals surface area (Å²) in [4.78, 5) is 22.2. The van der Waals surface area contributed by atoms with Crippen molar-refractivity contribution in [3.8, 4) is 128 Å². The lowest BCUT2D eigenvalue weighted by Gasteiger charge is -2.23. The highest BCUT2D eigenvalue weighted by atomic mass is 15.0. The molecule has 26 rings (SSSR count). The summed E-state index contributed by atoms with van der Waals surface area (Å²) in [5, 5.41) is 25.7. The summed E-state index contributed by atoms with van der Waals surface area (Å²) in [7, 11) is 0. The number of aromatic nitrogens is 6. The molecule has 20 aromatic carbocycles. The number of nitrogens with zero attached hydrogens (tertiary/aromatic N) is 6. The molecule has 6 heteroatoms. The van der Waals surface area contributed by atoms with Gasteiger partial charge < -0.3 is 4.57 Å². The highest BCUT2D eigenvalue weighted by Crippen LogP contribution is 2.51. The van der Waals surface area contributed by atoms with E-state index in [9.17, 15) is 0 Å². The van der Waals surface area contributed by atoms with E-state index >= 15 is 0 Å². The summed E-state index contributed by atoms with van der Waals surface area (Å²) >= 11 is 0. The van der Waals surface area contributed by atoms with Crippen LogP contribution in [0.3, 0.4) is 0 Å². The molecule has 6 aromatic heterocycles. The Balaban J connectivity index is 0.000000113. The van der Waals surface area contributed by atoms with Crippen LogP contribution in [-0.2, 0) is 10.8 Å². The zero-order valence-corrected chi connectivity index (χ0v) is 77.1. The smallest absolute Gasteiger partial charge is 0.0701 e. The standard InChI is InChI=1S/C49H36N2.C42H32N2.C40H26N2/c1-49(2,3)37-26-34-21-23-41-43(32-19-17-31(18-20-32)36-11-9-25-50-30-36)29-44(42-24-22-35(27-37)47(34)48(41)42)33-10-8-12-38(28-33)51-45-15-6-4-13-39(45)40-14-5-7-16-46(40)51;1-42(2,3)33-24-31-18-20-34-36(27-10-14-29(15-11-27)38-8-4-6-22-43-38)26-37(35-21-19-32(25-33)40(31)41(34)35)28-12-16-30(17-13-28)39-9-5-7-23-44-39;1-2-8-28(9-3-1)39-35-10-4-6-12-37(35)40(38-13-7-5-11-36(38)39)32-17-16-29-22-31(15-14-30(29)23-32)34-24-33(25-42-26-34)27-18-20-41-21-19-27/h4-30H,1-3H3;4-26H,1-3H3;1-26H. The van der Waals surface area contributed by atoms with Crippen LogP contribution in [0.2, 0.25) is 0 Å². The number of para-hydroxylation sites is 2. The highest BCUT2D eigenvalue weighted by Gasteiger charge is 2.26. The van der Waals surface area contributed by atoms with Crippen LogP contribution < -0.4 is 0 Å². The Morgan fingerprint density at radius 3 is 1.02 bits per heavy atom. The fourth-order valence-electron chi connectivity index (χ4n) is 21.0. The summed E-state index contributed by atoms with van der Waals surface area (Å²) in [6.07, 6.45) is 14.9. The van der Waals surface area contributed by atoms with Crippen LogP contribution in [0.1, 0.15) is 52.7 Å². The number of benzene rings is 20. The van der Waals surface area contributed by atoms with E-state index < -0.39 is 0 Å². The Bertz CT molecular complexity index is 8820. The number of hydrogen-bond acceptors (Lipinski definition) is 5. The minimum Gasteiger partial charge on any atom is -0.309 e. The quantitative estimate of drug-likeness (QED) is 0.0900. The summed E-state index contributed by atoms with van der Waals surface area (Å²) in [5.41, 5.74) is 32.2. The van der Waals surface area contributed by atoms with Gasteiger partial charge in [0.2, 0.25) is 0 Å². The maximum atomic E-state index is 4.56. The molecule has 0 atom stereocenters. The summed E-state index contributed by atoms with van der Waals surface area (Å²) in [6, 6.07) is 151. The molecule has 0 fully saturated rings. The minimum absolute atomic E-state index is 0.0596. The first-order valence-electron chi connectivity index (χ1n) is 47.2. The number of hydrogen-bond donors (Lipinski definition) is 0. The van der Waals surface area contributed by atoms with E-state index in [-0.39, 0.29) is 10.8 Å². The third-order valence-corrected chi connectivity index (χ3v) is 27.9. The van der Waals surface area contributed by atoms with Gasteiger partial charge in [0, 0.05) is 88.3 Å². The maximum Gasteiger partial charge on any atom is 0.0701 e. The molecule has 0 saturated carbocycles. The van der Waals surface area contributed by atoms with E-state index in [1.165, 1.54) is 202 Å². The SMILES string of the molecule is CC(C)(C)c1cc2ccc3c(-c4ccc(-c5ccccn5)cc4)cc(-c4ccc(-c5ccccn5)cc4)c4ccc(c1)c2c34.CC(C)(C)c1cc2ccc3c(-c4ccc(-c5cccnc5)cc4)cc(-c4cccc(-n5c6ccccc6c6ccccc65)c4)c4ccc(c1)c2c34.c1ccc(-c2c3ccccc3c(-c3ccc4cc(-c5cncc(-c6ccncc6)c5)ccc4c3)c3ccccc23)cc1. The first kappa shape index (κ1) is 82.9. The molecule has 0 amide bonds. The van der Waals surface area contributed by atoms with Crippen molar-refractivity contribution in [3.63, 3.8) is 0 Å². The van der Waals surface area contributed by atoms with Crippen molar-refractivity contribution in [2.45, 2.75) is 52.4 Å². The molecule has 0 bridgehead atoms. The molecule has 0 spiro atoms. The number of pyridine rings is 5. The number of rotatable bonds is 12. The fourth-order valence-corrected chi connectivity index (χ4v) is 21.0. The van der Waals surface area contributed by atoms with Crippen LogP contribution in [0.5, 0.6) is 0 Å². The predicted molar refractivity (Wildman–Crippen MR) is 580 cm³/mol. The van der Waals surface area contributed by atoms with E-state index in [4.69, 9.17) is 0 Å². The van der Waals surface area contributed by atoms with Gasteiger partial charge in [-0.15, -0.1) is 0 Å². The third-order valence-electron chi connectivity index (χ3n) is 27.9. The summed E-state index contributed by atoms with van der Waals surface area (Å²) < 4.78 is 2.41. The molecule has 648 valence electrons. The van der Waals surface area contributed by atoms with Crippen molar-refractivity contribution in [3.05, 3.63) is 473 Å². The van der Waals surface area contributed by atoms with E-state index in [1.54, 1.807) is 0 Å². The molecule has 0 aliphatic heterocycles. The van der Waals surface area contributed by atoms with Gasteiger partial charge in [0.05, 0.1) is 22.4 Å². The molecule has 26 aromatic rings. The van der Waals surface area contributed by atoms with Crippen LogP contribution in [0.25, 0.3) is 247 Å². The van der Waals surface area contributed by atoms with Crippen LogP contribution in [0.15, 0.2) is 462 Å². The Kier molecular flexibility index (Phi) is 20.7. The zero-order valence-electron chi connectivity index (χ0n) is 77.1. The average Bonchev–Trinajstić information content (AvgIpc) is 1.26. The second-order valence-electron chi connectivity index (χ2n) is 38.2. The Morgan fingerprint density at radius 1 is 0.190 bits per heavy atom. The second-order valence-corrected chi connectivity index (χ2v) is 38.2. The van der Waals surface area contributed by atoms with Crippen LogP contribution >= 0.6 is 0 Å². The molecule has 137 heavy (non-hydrogen) atoms. The lowest BCUT2D eigenvalue weighted by molar-refractivity contribution is 0.591. The second kappa shape index (κ2) is 34.1. The molecule has 0 aliphatic carbocycles. The van der Waals surface area contributed by atoms with Crippen molar-refractivity contribution < 1.29 is 0 Å². The van der Waals surface area contributed by atoms with Crippen molar-refractivity contribution >= 4 is 119 Å². The van der Waals surface area contributed by atoms with Crippen molar-refractivity contribution in [1.82, 2.24) is 29.5 Å². The normalized spacial score (nSPS) is 11.9. The lowest BCUT2D eigenvalue weighted by atomic mass is 9.81. The largest absolute Gasteiger partial charge is 0.309 e. The lowest BCUT2D eigenvalue weighted by Crippen LogP contribution is -2.10. The number of fused-ring (bicyclic) bond motifs is 6. The molecule has 6 heterocycles. The predicted octanol–water partition coefficient (Wildman–Crippen LogP) is 35.3. The van der Waals surface area contributed by atoms with Crippen LogP contribution in [-0.4, -0.2) is 29.5 Å². The molecule has 0 N–H and O–H groups in total. The molecular formula is C131H94N6. The van der Waals surface area contributed by atoms with Crippen molar-refractivity contribution in [1.29, 1.82) is 0 Å². The Labute approximate surface area is 796 Å². The molecule has 0 radical (unpaired) electrons. The fraction of sp³-hybridized carbons (Fsp3) is 0.0611. The van der Waals surface area contributed by atoms with Gasteiger partial charge in [0.1, 0.15) is 0 Å². The van der Waals surface area contributed by atoms with Crippen molar-refractivity contribution in [2.75, 3.05) is 0 Å². The van der Waals surface area contributed by atoms with Gasteiger partial charge >= 0.3 is 0 Å². The molecular weight excluding hydrogens is 1660 g/mol. The topological polar surface area (TPSA) is 69.4 Å². The average molecular weight is 1750 g/mol. The van der Waals surface area contributed by atoms with Gasteiger partial charge in [-0.3, -0.25) is 24.9 Å². The monoisotopic (exact) mass is 1750 g/mol. The first-order chi connectivity index (χ1) is 67.2. The van der Waals surface area contributed by atoms with E-state index in [2.05, 4.69) is 441 Å². The van der Waals surface area contributed by atoms with Gasteiger partial charge in [-0.2, -0.15) is 0 Å². The van der Waals surface area contributed by atoms with Crippen molar-refractivity contribution in [2.24, 2.45) is 0 Å². The molecule has 0 aliphatic rings. The van der Waals surface area contributed by atoms with Gasteiger partial charge in [-0.1, -0.05) is 357 Å². The minimum atomic E-state index is 0.0596. The van der Waals surface area contributed by atoms with Crippen LogP contribution in [0, 0.1) is 0 Å². The van der Waals surface area contributed by atoms with E-state index in [0.29, 0.717) is 0 Å². The zero-order chi connectivity index (χ0) is 92.0. The Morgan fingerprint density at radius 2 is 0.562 bits per heavy atom.